The molecule has 0 bridgehead atoms. The van der Waals surface area contributed by atoms with Gasteiger partial charge >= 0.3 is 36.0 Å². The molecule has 0 saturated heterocycles. The topological polar surface area (TPSA) is 175 Å². The van der Waals surface area contributed by atoms with Crippen molar-refractivity contribution in [1.29, 1.82) is 10.5 Å². The minimum Gasteiger partial charge on any atom is -0.399 e. The van der Waals surface area contributed by atoms with Crippen LogP contribution in [0.25, 0.3) is 0 Å². The van der Waals surface area contributed by atoms with E-state index in [1.54, 1.807) is 18.2 Å². The molecule has 63 heavy (non-hydrogen) atoms. The number of aryl methyl sites for hydroxylation is 2. The number of benzene rings is 4. The Morgan fingerprint density at radius 2 is 1.10 bits per heavy atom. The maximum atomic E-state index is 14.4. The number of rotatable bonds is 8. The molecule has 0 aliphatic heterocycles. The molecule has 0 aliphatic carbocycles. The number of nitrogen functional groups attached to an aromatic ring is 2. The number of carbonyl (C=O) groups excluding carboxylic acids is 2. The second-order valence-electron chi connectivity index (χ2n) is 12.1. The van der Waals surface area contributed by atoms with Gasteiger partial charge in [0.2, 0.25) is 11.5 Å². The van der Waals surface area contributed by atoms with Crippen LogP contribution in [0.5, 0.6) is 0 Å². The fourth-order valence-electron chi connectivity index (χ4n) is 4.91. The molecule has 0 fully saturated rings. The van der Waals surface area contributed by atoms with Crippen LogP contribution in [0.2, 0.25) is 0 Å². The lowest BCUT2D eigenvalue weighted by Crippen LogP contribution is -2.50. The van der Waals surface area contributed by atoms with E-state index >= 15 is 0 Å². The predicted octanol–water partition coefficient (Wildman–Crippen LogP) is 12.2. The standard InChI is InChI=1S/C18H12F7N3OS.C11H7F7N2S.C7H4ClNO2S/c1-9-5-11(16(19,17(20,21)22)18(23,24)25)7-13(30-8-26)14(9)28-15(29)10-3-2-4-12(27)6-10;1-5-2-6(3-7(8(5)20)21-4-19)9(12,10(13,14)15)11(16,17)18;8-7(10)5-2-1-3-6(4-5)9-12-11/h2-7H,27H2,1H3,(H,28,29);2-3H,20H2,1H3;1-4H. The van der Waals surface area contributed by atoms with Crippen LogP contribution < -0.4 is 16.8 Å². The molecule has 0 heterocycles. The van der Waals surface area contributed by atoms with Gasteiger partial charge in [-0.05, 0) is 109 Å². The SMILES string of the molecule is Cc1cc(C(F)(C(F)(F)F)C(F)(F)F)cc(SC#N)c1N.Cc1cc(C(F)(C(F)(F)F)C(F)(F)F)cc(SC#N)c1NC(=O)c1cccc(N)c1.O=S=Nc1cccc(C(=O)Cl)c1. The van der Waals surface area contributed by atoms with Crippen LogP contribution in [0.4, 0.5) is 84.2 Å². The normalized spacial score (nSPS) is 12.0. The van der Waals surface area contributed by atoms with Crippen molar-refractivity contribution in [3.05, 3.63) is 106 Å². The molecular formula is C36H23ClF14N6O3S3. The van der Waals surface area contributed by atoms with Gasteiger partial charge in [-0.3, -0.25) is 9.59 Å². The third-order valence-corrected chi connectivity index (χ3v) is 9.71. The zero-order valence-electron chi connectivity index (χ0n) is 31.0. The van der Waals surface area contributed by atoms with Crippen molar-refractivity contribution in [2.45, 2.75) is 59.7 Å². The lowest BCUT2D eigenvalue weighted by molar-refractivity contribution is -0.349. The molecular weight excluding hydrogens is 962 g/mol. The monoisotopic (exact) mass is 984 g/mol. The van der Waals surface area contributed by atoms with E-state index in [1.165, 1.54) is 41.1 Å². The number of anilines is 3. The van der Waals surface area contributed by atoms with Crippen LogP contribution in [0.15, 0.2) is 87.0 Å². The smallest absolute Gasteiger partial charge is 0.399 e. The van der Waals surface area contributed by atoms with Crippen molar-refractivity contribution >= 4 is 80.5 Å². The molecule has 1 amide bonds. The summed E-state index contributed by atoms with van der Waals surface area (Å²) in [5, 5.41) is 22.1. The number of alkyl halides is 14. The van der Waals surface area contributed by atoms with Crippen LogP contribution in [0, 0.1) is 35.2 Å². The largest absolute Gasteiger partial charge is 0.435 e. The minimum atomic E-state index is -6.31. The van der Waals surface area contributed by atoms with Gasteiger partial charge in [-0.25, -0.2) is 8.78 Å². The lowest BCUT2D eigenvalue weighted by atomic mass is 9.92. The van der Waals surface area contributed by atoms with E-state index in [9.17, 15) is 75.3 Å². The average molecular weight is 985 g/mol. The van der Waals surface area contributed by atoms with Gasteiger partial charge in [-0.15, -0.1) is 0 Å². The summed E-state index contributed by atoms with van der Waals surface area (Å²) in [5.41, 5.74) is -3.45. The van der Waals surface area contributed by atoms with Crippen molar-refractivity contribution < 1.29 is 75.3 Å². The van der Waals surface area contributed by atoms with E-state index in [-0.39, 0.29) is 85.8 Å². The van der Waals surface area contributed by atoms with Crippen LogP contribution >= 0.6 is 35.1 Å². The Bertz CT molecular complexity index is 2440. The number of nitrogens with one attached hydrogen (secondary N) is 1. The molecule has 0 aliphatic rings. The Balaban J connectivity index is 0.000000357. The maximum absolute atomic E-state index is 14.4. The van der Waals surface area contributed by atoms with Crippen LogP contribution in [-0.2, 0) is 22.8 Å². The zero-order valence-corrected chi connectivity index (χ0v) is 34.2. The molecule has 9 nitrogen and oxygen atoms in total. The summed E-state index contributed by atoms with van der Waals surface area (Å²) in [7, 11) is 0. The Morgan fingerprint density at radius 1 is 0.651 bits per heavy atom. The van der Waals surface area contributed by atoms with Gasteiger partial charge in [0.1, 0.15) is 10.8 Å². The number of carbonyl (C=O) groups is 2. The Kier molecular flexibility index (Phi) is 17.6. The Morgan fingerprint density at radius 3 is 1.54 bits per heavy atom. The van der Waals surface area contributed by atoms with Crippen LogP contribution in [0.3, 0.4) is 0 Å². The number of nitrogens with zero attached hydrogens (tertiary/aromatic N) is 3. The lowest BCUT2D eigenvalue weighted by Gasteiger charge is -2.31. The fraction of sp³-hybridized carbons (Fsp3) is 0.222. The summed E-state index contributed by atoms with van der Waals surface area (Å²) in [5.74, 6) is -0.781. The van der Waals surface area contributed by atoms with E-state index in [1.807, 2.05) is 0 Å². The number of halogens is 15. The molecule has 5 N–H and O–H groups in total. The highest BCUT2D eigenvalue weighted by atomic mass is 35.5. The van der Waals surface area contributed by atoms with Gasteiger partial charge in [0, 0.05) is 43.4 Å². The van der Waals surface area contributed by atoms with Gasteiger partial charge in [-0.1, -0.05) is 24.3 Å². The van der Waals surface area contributed by atoms with Gasteiger partial charge in [0.05, 0.1) is 11.4 Å². The summed E-state index contributed by atoms with van der Waals surface area (Å²) in [4.78, 5) is 22.2. The van der Waals surface area contributed by atoms with E-state index in [4.69, 9.17) is 33.6 Å². The maximum Gasteiger partial charge on any atom is 0.435 e. The minimum absolute atomic E-state index is 0.0526. The first kappa shape index (κ1) is 53.6. The third kappa shape index (κ3) is 12.5. The Labute approximate surface area is 363 Å². The number of nitrogens with two attached hydrogens (primary N) is 2. The molecule has 0 saturated carbocycles. The van der Waals surface area contributed by atoms with E-state index < -0.39 is 63.2 Å². The average Bonchev–Trinajstić information content (AvgIpc) is 3.16. The summed E-state index contributed by atoms with van der Waals surface area (Å²) in [6.45, 7) is 2.19. The molecule has 4 aromatic carbocycles. The number of hydrogen-bond donors (Lipinski definition) is 3. The van der Waals surface area contributed by atoms with E-state index in [0.29, 0.717) is 23.4 Å². The fourth-order valence-corrected chi connectivity index (χ4v) is 6.38. The van der Waals surface area contributed by atoms with E-state index in [2.05, 4.69) is 9.68 Å². The highest BCUT2D eigenvalue weighted by molar-refractivity contribution is 8.04. The quantitative estimate of drug-likeness (QED) is 0.0510. The first-order valence-corrected chi connectivity index (χ1v) is 18.8. The van der Waals surface area contributed by atoms with Gasteiger partial charge in [0.25, 0.3) is 11.1 Å². The second-order valence-corrected chi connectivity index (χ2v) is 14.5. The van der Waals surface area contributed by atoms with Crippen molar-refractivity contribution in [2.24, 2.45) is 4.36 Å². The molecule has 4 rings (SSSR count). The number of thiocyanates is 2. The van der Waals surface area contributed by atoms with Crippen molar-refractivity contribution in [3.8, 4) is 10.8 Å². The van der Waals surface area contributed by atoms with Crippen molar-refractivity contribution in [1.82, 2.24) is 0 Å². The number of nitriles is 2. The number of thioether (sulfide) groups is 2. The van der Waals surface area contributed by atoms with E-state index in [0.717, 1.165) is 13.8 Å². The highest BCUT2D eigenvalue weighted by Gasteiger charge is 2.74. The van der Waals surface area contributed by atoms with Gasteiger partial charge in [0.15, 0.2) is 0 Å². The van der Waals surface area contributed by atoms with Crippen LogP contribution in [0.1, 0.15) is 43.0 Å². The summed E-state index contributed by atoms with van der Waals surface area (Å²) >= 11 is 5.73. The second kappa shape index (κ2) is 20.7. The summed E-state index contributed by atoms with van der Waals surface area (Å²) in [6, 6.07) is 13.1. The molecule has 0 aromatic heterocycles. The van der Waals surface area contributed by atoms with Gasteiger partial charge < -0.3 is 16.8 Å². The zero-order chi connectivity index (χ0) is 48.5. The molecule has 4 aromatic rings. The molecule has 0 atom stereocenters. The first-order valence-electron chi connectivity index (χ1n) is 16.1. The van der Waals surface area contributed by atoms with Crippen LogP contribution in [-0.4, -0.2) is 40.1 Å². The van der Waals surface area contributed by atoms with Gasteiger partial charge in [-0.2, -0.15) is 71.8 Å². The third-order valence-electron chi connectivity index (χ3n) is 7.92. The van der Waals surface area contributed by atoms with Crippen molar-refractivity contribution in [3.63, 3.8) is 0 Å². The number of amides is 1. The number of hydrogen-bond acceptors (Lipinski definition) is 10. The molecule has 27 heteroatoms. The first-order chi connectivity index (χ1) is 28.8. The summed E-state index contributed by atoms with van der Waals surface area (Å²) in [6.07, 6.45) is -25.0. The van der Waals surface area contributed by atoms with Crippen molar-refractivity contribution in [2.75, 3.05) is 16.8 Å². The molecule has 0 radical (unpaired) electrons. The molecule has 0 spiro atoms. The molecule has 338 valence electrons. The predicted molar refractivity (Wildman–Crippen MR) is 205 cm³/mol. The molecule has 0 unspecified atom stereocenters. The summed E-state index contributed by atoms with van der Waals surface area (Å²) < 4.78 is 196. The Hall–Kier alpha value is -5.57. The highest BCUT2D eigenvalue weighted by Crippen LogP contribution is 2.55.